The van der Waals surface area contributed by atoms with Gasteiger partial charge in [-0.05, 0) is 43.7 Å². The van der Waals surface area contributed by atoms with Gasteiger partial charge in [-0.2, -0.15) is 0 Å². The van der Waals surface area contributed by atoms with Gasteiger partial charge in [-0.15, -0.1) is 0 Å². The summed E-state index contributed by atoms with van der Waals surface area (Å²) in [6.07, 6.45) is 2.11. The van der Waals surface area contributed by atoms with Crippen LogP contribution in [0.1, 0.15) is 24.7 Å². The summed E-state index contributed by atoms with van der Waals surface area (Å²) < 4.78 is 0. The Morgan fingerprint density at radius 2 is 1.83 bits per heavy atom. The van der Waals surface area contributed by atoms with Crippen LogP contribution in [0.25, 0.3) is 11.4 Å². The SMILES string of the molecule is CCCc1cc(C)nc(-c2ccc(NC)cc2)n1. The number of hydrogen-bond donors (Lipinski definition) is 1. The maximum atomic E-state index is 4.62. The molecule has 0 radical (unpaired) electrons. The first-order valence-corrected chi connectivity index (χ1v) is 6.35. The van der Waals surface area contributed by atoms with Crippen LogP contribution in [0.4, 0.5) is 5.69 Å². The van der Waals surface area contributed by atoms with Crippen molar-refractivity contribution < 1.29 is 0 Å². The molecule has 0 bridgehead atoms. The van der Waals surface area contributed by atoms with E-state index in [-0.39, 0.29) is 0 Å². The quantitative estimate of drug-likeness (QED) is 0.891. The largest absolute Gasteiger partial charge is 0.388 e. The molecule has 0 saturated heterocycles. The van der Waals surface area contributed by atoms with E-state index in [0.717, 1.165) is 41.3 Å². The predicted octanol–water partition coefficient (Wildman–Crippen LogP) is 3.45. The molecule has 0 spiro atoms. The summed E-state index contributed by atoms with van der Waals surface area (Å²) in [5.41, 5.74) is 4.31. The molecule has 0 aliphatic carbocycles. The standard InChI is InChI=1S/C15H19N3/c1-4-5-14-10-11(2)17-15(18-14)12-6-8-13(16-3)9-7-12/h6-10,16H,4-5H2,1-3H3. The van der Waals surface area contributed by atoms with Gasteiger partial charge < -0.3 is 5.32 Å². The highest BCUT2D eigenvalue weighted by molar-refractivity contribution is 5.59. The molecule has 1 heterocycles. The lowest BCUT2D eigenvalue weighted by Gasteiger charge is -2.06. The molecule has 0 saturated carbocycles. The third kappa shape index (κ3) is 2.86. The minimum atomic E-state index is 0.820. The number of aryl methyl sites for hydroxylation is 2. The van der Waals surface area contributed by atoms with E-state index in [0.29, 0.717) is 0 Å². The van der Waals surface area contributed by atoms with Gasteiger partial charge in [-0.25, -0.2) is 9.97 Å². The first-order valence-electron chi connectivity index (χ1n) is 6.35. The molecule has 2 rings (SSSR count). The summed E-state index contributed by atoms with van der Waals surface area (Å²) >= 11 is 0. The van der Waals surface area contributed by atoms with E-state index in [1.807, 2.05) is 26.1 Å². The lowest BCUT2D eigenvalue weighted by atomic mass is 10.1. The zero-order valence-corrected chi connectivity index (χ0v) is 11.2. The molecule has 0 unspecified atom stereocenters. The van der Waals surface area contributed by atoms with Crippen molar-refractivity contribution in [3.05, 3.63) is 41.7 Å². The summed E-state index contributed by atoms with van der Waals surface area (Å²) in [5.74, 6) is 0.820. The number of hydrogen-bond acceptors (Lipinski definition) is 3. The van der Waals surface area contributed by atoms with Crippen molar-refractivity contribution in [3.8, 4) is 11.4 Å². The van der Waals surface area contributed by atoms with Crippen molar-refractivity contribution >= 4 is 5.69 Å². The topological polar surface area (TPSA) is 37.8 Å². The van der Waals surface area contributed by atoms with Crippen LogP contribution >= 0.6 is 0 Å². The number of anilines is 1. The molecule has 3 heteroatoms. The van der Waals surface area contributed by atoms with Crippen LogP contribution in [0.5, 0.6) is 0 Å². The van der Waals surface area contributed by atoms with Crippen LogP contribution in [0.2, 0.25) is 0 Å². The summed E-state index contributed by atoms with van der Waals surface area (Å²) in [4.78, 5) is 9.13. The third-order valence-electron chi connectivity index (χ3n) is 2.85. The van der Waals surface area contributed by atoms with E-state index < -0.39 is 0 Å². The van der Waals surface area contributed by atoms with Gasteiger partial charge in [-0.1, -0.05) is 13.3 Å². The Morgan fingerprint density at radius 1 is 1.11 bits per heavy atom. The molecule has 0 amide bonds. The van der Waals surface area contributed by atoms with Gasteiger partial charge in [0.15, 0.2) is 5.82 Å². The predicted molar refractivity (Wildman–Crippen MR) is 75.7 cm³/mol. The second-order valence-corrected chi connectivity index (χ2v) is 4.40. The summed E-state index contributed by atoms with van der Waals surface area (Å²) in [5, 5.41) is 3.11. The molecule has 0 aliphatic heterocycles. The summed E-state index contributed by atoms with van der Waals surface area (Å²) in [6, 6.07) is 10.3. The fourth-order valence-electron chi connectivity index (χ4n) is 1.93. The van der Waals surface area contributed by atoms with E-state index in [9.17, 15) is 0 Å². The first kappa shape index (κ1) is 12.6. The van der Waals surface area contributed by atoms with E-state index >= 15 is 0 Å². The molecule has 1 aromatic carbocycles. The number of aromatic nitrogens is 2. The van der Waals surface area contributed by atoms with Gasteiger partial charge in [0.1, 0.15) is 0 Å². The minimum absolute atomic E-state index is 0.820. The first-order chi connectivity index (χ1) is 8.72. The highest BCUT2D eigenvalue weighted by atomic mass is 14.9. The number of nitrogens with one attached hydrogen (secondary N) is 1. The smallest absolute Gasteiger partial charge is 0.159 e. The van der Waals surface area contributed by atoms with Crippen molar-refractivity contribution in [2.45, 2.75) is 26.7 Å². The van der Waals surface area contributed by atoms with E-state index in [4.69, 9.17) is 0 Å². The van der Waals surface area contributed by atoms with Crippen LogP contribution in [0.3, 0.4) is 0 Å². The van der Waals surface area contributed by atoms with Crippen LogP contribution < -0.4 is 5.32 Å². The Morgan fingerprint density at radius 3 is 2.44 bits per heavy atom. The molecule has 3 nitrogen and oxygen atoms in total. The lowest BCUT2D eigenvalue weighted by Crippen LogP contribution is -1.98. The average molecular weight is 241 g/mol. The molecular weight excluding hydrogens is 222 g/mol. The van der Waals surface area contributed by atoms with Crippen LogP contribution in [0.15, 0.2) is 30.3 Å². The number of rotatable bonds is 4. The van der Waals surface area contributed by atoms with Gasteiger partial charge in [0.05, 0.1) is 0 Å². The van der Waals surface area contributed by atoms with Crippen molar-refractivity contribution in [2.75, 3.05) is 12.4 Å². The summed E-state index contributed by atoms with van der Waals surface area (Å²) in [6.45, 7) is 4.19. The van der Waals surface area contributed by atoms with Crippen molar-refractivity contribution in [1.82, 2.24) is 9.97 Å². The van der Waals surface area contributed by atoms with Gasteiger partial charge in [0.2, 0.25) is 0 Å². The Balaban J connectivity index is 2.36. The molecule has 0 aliphatic rings. The lowest BCUT2D eigenvalue weighted by molar-refractivity contribution is 0.869. The molecule has 1 N–H and O–H groups in total. The zero-order valence-electron chi connectivity index (χ0n) is 11.2. The maximum absolute atomic E-state index is 4.62. The normalized spacial score (nSPS) is 10.4. The monoisotopic (exact) mass is 241 g/mol. The fraction of sp³-hybridized carbons (Fsp3) is 0.333. The Bertz CT molecular complexity index is 518. The zero-order chi connectivity index (χ0) is 13.0. The molecule has 94 valence electrons. The van der Waals surface area contributed by atoms with E-state index in [1.54, 1.807) is 0 Å². The molecule has 1 aromatic heterocycles. The molecular formula is C15H19N3. The van der Waals surface area contributed by atoms with Crippen molar-refractivity contribution in [1.29, 1.82) is 0 Å². The second-order valence-electron chi connectivity index (χ2n) is 4.40. The van der Waals surface area contributed by atoms with Crippen LogP contribution in [0, 0.1) is 6.92 Å². The van der Waals surface area contributed by atoms with Gasteiger partial charge in [0, 0.05) is 29.7 Å². The molecule has 0 atom stereocenters. The Kier molecular flexibility index (Phi) is 3.92. The van der Waals surface area contributed by atoms with Gasteiger partial charge >= 0.3 is 0 Å². The van der Waals surface area contributed by atoms with Crippen LogP contribution in [-0.4, -0.2) is 17.0 Å². The number of benzene rings is 1. The molecule has 0 fully saturated rings. The van der Waals surface area contributed by atoms with Gasteiger partial charge in [0.25, 0.3) is 0 Å². The Labute approximate surface area is 108 Å². The highest BCUT2D eigenvalue weighted by Crippen LogP contribution is 2.19. The van der Waals surface area contributed by atoms with Crippen LogP contribution in [-0.2, 0) is 6.42 Å². The highest BCUT2D eigenvalue weighted by Gasteiger charge is 2.04. The van der Waals surface area contributed by atoms with Crippen molar-refractivity contribution in [2.24, 2.45) is 0 Å². The summed E-state index contributed by atoms with van der Waals surface area (Å²) in [7, 11) is 1.91. The van der Waals surface area contributed by atoms with E-state index in [1.165, 1.54) is 0 Å². The van der Waals surface area contributed by atoms with E-state index in [2.05, 4.69) is 40.4 Å². The third-order valence-corrected chi connectivity index (χ3v) is 2.85. The second kappa shape index (κ2) is 5.63. The Hall–Kier alpha value is -1.90. The van der Waals surface area contributed by atoms with Crippen molar-refractivity contribution in [3.63, 3.8) is 0 Å². The number of nitrogens with zero attached hydrogens (tertiary/aromatic N) is 2. The maximum Gasteiger partial charge on any atom is 0.159 e. The average Bonchev–Trinajstić information content (AvgIpc) is 2.38. The molecule has 2 aromatic rings. The fourth-order valence-corrected chi connectivity index (χ4v) is 1.93. The van der Waals surface area contributed by atoms with Gasteiger partial charge in [-0.3, -0.25) is 0 Å². The molecule has 18 heavy (non-hydrogen) atoms. The minimum Gasteiger partial charge on any atom is -0.388 e.